The maximum Gasteiger partial charge on any atom is 0.333 e. The molecule has 3 heterocycles. The van der Waals surface area contributed by atoms with E-state index in [4.69, 9.17) is 4.74 Å². The second-order valence-corrected chi connectivity index (χ2v) is 8.48. The van der Waals surface area contributed by atoms with Gasteiger partial charge in [-0.2, -0.15) is 0 Å². The summed E-state index contributed by atoms with van der Waals surface area (Å²) in [5, 5.41) is 0. The number of carbonyl (C=O) groups excluding carboxylic acids is 1. The minimum absolute atomic E-state index is 0.0725. The SMILES string of the molecule is CCOc1ccc(-c2cc(N3CCN(C(=O)c4c[nH]c(=O)n(-c5ccccc5)c4=O)CC3)ncn2)cc1. The van der Waals surface area contributed by atoms with Gasteiger partial charge in [-0.05, 0) is 43.3 Å². The van der Waals surface area contributed by atoms with Gasteiger partial charge in [0, 0.05) is 44.0 Å². The van der Waals surface area contributed by atoms with E-state index >= 15 is 0 Å². The van der Waals surface area contributed by atoms with Gasteiger partial charge >= 0.3 is 5.69 Å². The van der Waals surface area contributed by atoms with Gasteiger partial charge in [0.05, 0.1) is 18.0 Å². The highest BCUT2D eigenvalue weighted by molar-refractivity contribution is 5.93. The summed E-state index contributed by atoms with van der Waals surface area (Å²) in [6.07, 6.45) is 2.73. The molecule has 0 bridgehead atoms. The summed E-state index contributed by atoms with van der Waals surface area (Å²) in [6.45, 7) is 4.45. The van der Waals surface area contributed by atoms with Crippen molar-refractivity contribution in [1.29, 1.82) is 0 Å². The molecule has 2 aromatic heterocycles. The van der Waals surface area contributed by atoms with Gasteiger partial charge in [-0.25, -0.2) is 19.3 Å². The van der Waals surface area contributed by atoms with Gasteiger partial charge in [0.1, 0.15) is 23.5 Å². The van der Waals surface area contributed by atoms with Crippen molar-refractivity contribution in [2.45, 2.75) is 6.92 Å². The van der Waals surface area contributed by atoms with Crippen LogP contribution in [0.3, 0.4) is 0 Å². The third-order valence-electron chi connectivity index (χ3n) is 6.23. The van der Waals surface area contributed by atoms with Crippen molar-refractivity contribution in [3.8, 4) is 22.7 Å². The molecular weight excluding hydrogens is 472 g/mol. The number of rotatable bonds is 6. The molecule has 0 atom stereocenters. The van der Waals surface area contributed by atoms with E-state index < -0.39 is 17.2 Å². The minimum atomic E-state index is -0.641. The zero-order valence-corrected chi connectivity index (χ0v) is 20.3. The smallest absolute Gasteiger partial charge is 0.333 e. The standard InChI is InChI=1S/C27H26N6O4/c1-2-37-21-10-8-19(9-11-21)23-16-24(30-18-29-23)31-12-14-32(15-13-31)25(34)22-17-28-27(36)33(26(22)35)20-6-4-3-5-7-20/h3-11,16-18H,2,12-15H2,1H3,(H,28,36). The Bertz CT molecular complexity index is 1510. The minimum Gasteiger partial charge on any atom is -0.494 e. The van der Waals surface area contributed by atoms with Gasteiger partial charge in [-0.15, -0.1) is 0 Å². The summed E-state index contributed by atoms with van der Waals surface area (Å²) in [6, 6.07) is 18.2. The van der Waals surface area contributed by atoms with Gasteiger partial charge in [0.2, 0.25) is 0 Å². The molecule has 0 unspecified atom stereocenters. The molecule has 4 aromatic rings. The summed E-state index contributed by atoms with van der Waals surface area (Å²) >= 11 is 0. The van der Waals surface area contributed by atoms with Crippen LogP contribution >= 0.6 is 0 Å². The molecule has 10 nitrogen and oxygen atoms in total. The van der Waals surface area contributed by atoms with Crippen LogP contribution in [0.1, 0.15) is 17.3 Å². The molecule has 188 valence electrons. The van der Waals surface area contributed by atoms with Gasteiger partial charge in [-0.1, -0.05) is 18.2 Å². The van der Waals surface area contributed by atoms with Crippen LogP contribution in [-0.4, -0.2) is 63.1 Å². The molecule has 0 aliphatic carbocycles. The van der Waals surface area contributed by atoms with Crippen molar-refractivity contribution in [1.82, 2.24) is 24.4 Å². The molecule has 1 N–H and O–H groups in total. The van der Waals surface area contributed by atoms with Crippen LogP contribution in [0, 0.1) is 0 Å². The van der Waals surface area contributed by atoms with E-state index in [0.717, 1.165) is 27.4 Å². The Morgan fingerprint density at radius 1 is 0.973 bits per heavy atom. The Kier molecular flexibility index (Phi) is 6.80. The van der Waals surface area contributed by atoms with Crippen molar-refractivity contribution >= 4 is 11.7 Å². The number of piperazine rings is 1. The summed E-state index contributed by atoms with van der Waals surface area (Å²) in [4.78, 5) is 53.6. The third-order valence-corrected chi connectivity index (χ3v) is 6.23. The molecule has 0 radical (unpaired) electrons. The lowest BCUT2D eigenvalue weighted by Gasteiger charge is -2.35. The zero-order chi connectivity index (χ0) is 25.8. The largest absolute Gasteiger partial charge is 0.494 e. The van der Waals surface area contributed by atoms with E-state index in [1.165, 1.54) is 12.5 Å². The topological polar surface area (TPSA) is 113 Å². The van der Waals surface area contributed by atoms with Gasteiger partial charge in [0.25, 0.3) is 11.5 Å². The fraction of sp³-hybridized carbons (Fsp3) is 0.222. The molecule has 1 fully saturated rings. The van der Waals surface area contributed by atoms with Crippen LogP contribution in [0.15, 0.2) is 82.8 Å². The molecule has 5 rings (SSSR count). The maximum atomic E-state index is 13.2. The normalized spacial score (nSPS) is 13.4. The molecule has 1 saturated heterocycles. The second kappa shape index (κ2) is 10.5. The van der Waals surface area contributed by atoms with Crippen molar-refractivity contribution in [3.05, 3.63) is 99.6 Å². The van der Waals surface area contributed by atoms with Crippen LogP contribution in [0.5, 0.6) is 5.75 Å². The van der Waals surface area contributed by atoms with Gasteiger partial charge in [0.15, 0.2) is 0 Å². The number of nitrogens with zero attached hydrogens (tertiary/aromatic N) is 5. The number of aromatic nitrogens is 4. The lowest BCUT2D eigenvalue weighted by Crippen LogP contribution is -2.50. The number of para-hydroxylation sites is 1. The fourth-order valence-electron chi connectivity index (χ4n) is 4.31. The van der Waals surface area contributed by atoms with Crippen molar-refractivity contribution < 1.29 is 9.53 Å². The highest BCUT2D eigenvalue weighted by Gasteiger charge is 2.26. The van der Waals surface area contributed by atoms with Crippen molar-refractivity contribution in [2.24, 2.45) is 0 Å². The monoisotopic (exact) mass is 498 g/mol. The first-order chi connectivity index (χ1) is 18.0. The number of nitrogens with one attached hydrogen (secondary N) is 1. The lowest BCUT2D eigenvalue weighted by molar-refractivity contribution is 0.0743. The predicted octanol–water partition coefficient (Wildman–Crippen LogP) is 2.34. The molecule has 0 saturated carbocycles. The van der Waals surface area contributed by atoms with Gasteiger partial charge < -0.3 is 19.5 Å². The maximum absolute atomic E-state index is 13.2. The molecule has 1 aliphatic heterocycles. The van der Waals surface area contributed by atoms with Crippen LogP contribution in [0.2, 0.25) is 0 Å². The number of aromatic amines is 1. The van der Waals surface area contributed by atoms with E-state index in [-0.39, 0.29) is 5.56 Å². The van der Waals surface area contributed by atoms with Gasteiger partial charge in [-0.3, -0.25) is 9.59 Å². The average Bonchev–Trinajstić information content (AvgIpc) is 2.94. The molecule has 37 heavy (non-hydrogen) atoms. The Labute approximate surface area is 212 Å². The Balaban J connectivity index is 1.30. The van der Waals surface area contributed by atoms with E-state index in [9.17, 15) is 14.4 Å². The molecule has 2 aromatic carbocycles. The van der Waals surface area contributed by atoms with E-state index in [1.54, 1.807) is 35.2 Å². The highest BCUT2D eigenvalue weighted by Crippen LogP contribution is 2.24. The highest BCUT2D eigenvalue weighted by atomic mass is 16.5. The number of H-pyrrole nitrogens is 1. The van der Waals surface area contributed by atoms with Crippen LogP contribution in [-0.2, 0) is 0 Å². The number of hydrogen-bond donors (Lipinski definition) is 1. The number of hydrogen-bond acceptors (Lipinski definition) is 7. The van der Waals surface area contributed by atoms with Crippen LogP contribution in [0.4, 0.5) is 5.82 Å². The Morgan fingerprint density at radius 2 is 1.70 bits per heavy atom. The Morgan fingerprint density at radius 3 is 2.41 bits per heavy atom. The van der Waals surface area contributed by atoms with E-state index in [0.29, 0.717) is 38.5 Å². The zero-order valence-electron chi connectivity index (χ0n) is 20.3. The number of carbonyl (C=O) groups is 1. The summed E-state index contributed by atoms with van der Waals surface area (Å²) in [5.74, 6) is 1.16. The first-order valence-electron chi connectivity index (χ1n) is 12.0. The number of anilines is 1. The number of ether oxygens (including phenoxy) is 1. The lowest BCUT2D eigenvalue weighted by atomic mass is 10.1. The van der Waals surface area contributed by atoms with E-state index in [2.05, 4.69) is 19.9 Å². The van der Waals surface area contributed by atoms with Crippen LogP contribution in [0.25, 0.3) is 16.9 Å². The third kappa shape index (κ3) is 4.99. The first-order valence-corrected chi connectivity index (χ1v) is 12.0. The molecule has 10 heteroatoms. The number of amides is 1. The summed E-state index contributed by atoms with van der Waals surface area (Å²) < 4.78 is 6.49. The molecular formula is C27H26N6O4. The fourth-order valence-corrected chi connectivity index (χ4v) is 4.31. The van der Waals surface area contributed by atoms with Crippen molar-refractivity contribution in [3.63, 3.8) is 0 Å². The molecule has 1 aliphatic rings. The summed E-state index contributed by atoms with van der Waals surface area (Å²) in [5.41, 5.74) is 0.842. The first kappa shape index (κ1) is 24.0. The quantitative estimate of drug-likeness (QED) is 0.434. The average molecular weight is 499 g/mol. The number of benzene rings is 2. The molecule has 1 amide bonds. The predicted molar refractivity (Wildman–Crippen MR) is 139 cm³/mol. The van der Waals surface area contributed by atoms with Crippen LogP contribution < -0.4 is 20.9 Å². The second-order valence-electron chi connectivity index (χ2n) is 8.48. The van der Waals surface area contributed by atoms with E-state index in [1.807, 2.05) is 37.3 Å². The molecule has 0 spiro atoms. The Hall–Kier alpha value is -4.73. The summed E-state index contributed by atoms with van der Waals surface area (Å²) in [7, 11) is 0. The van der Waals surface area contributed by atoms with Crippen molar-refractivity contribution in [2.75, 3.05) is 37.7 Å².